The van der Waals surface area contributed by atoms with Crippen molar-refractivity contribution in [3.05, 3.63) is 210 Å². The summed E-state index contributed by atoms with van der Waals surface area (Å²) in [6.07, 6.45) is 0. The normalized spacial score (nSPS) is 14.2. The highest BCUT2D eigenvalue weighted by Crippen LogP contribution is 2.61. The van der Waals surface area contributed by atoms with Crippen molar-refractivity contribution in [2.75, 3.05) is 4.90 Å². The molecule has 272 valence electrons. The van der Waals surface area contributed by atoms with Crippen molar-refractivity contribution in [1.29, 1.82) is 0 Å². The minimum Gasteiger partial charge on any atom is -0.309 e. The number of nitrogens with zero attached hydrogens (tertiary/aromatic N) is 1. The number of hydrogen-bond donors (Lipinski definition) is 0. The number of fused-ring (bicyclic) bond motifs is 10. The molecule has 0 amide bonds. The van der Waals surface area contributed by atoms with E-state index in [2.05, 4.69) is 221 Å². The fraction of sp³-hybridized carbons (Fsp3) is 0.107. The maximum Gasteiger partial charge on any atom is 0.0549 e. The van der Waals surface area contributed by atoms with Gasteiger partial charge in [0.25, 0.3) is 0 Å². The van der Waals surface area contributed by atoms with Crippen LogP contribution in [0.5, 0.6) is 0 Å². The summed E-state index contributed by atoms with van der Waals surface area (Å²) in [7, 11) is 0. The van der Waals surface area contributed by atoms with E-state index in [-0.39, 0.29) is 10.8 Å². The van der Waals surface area contributed by atoms with E-state index in [1.807, 2.05) is 0 Å². The van der Waals surface area contributed by atoms with E-state index in [1.165, 1.54) is 99.7 Å². The molecule has 0 unspecified atom stereocenters. The maximum absolute atomic E-state index is 2.63. The number of rotatable bonds is 5. The molecule has 0 saturated carbocycles. The fourth-order valence-electron chi connectivity index (χ4n) is 10.4. The van der Waals surface area contributed by atoms with Crippen LogP contribution >= 0.6 is 0 Å². The first kappa shape index (κ1) is 33.6. The Morgan fingerprint density at radius 3 is 1.19 bits per heavy atom. The van der Waals surface area contributed by atoms with Gasteiger partial charge in [0.05, 0.1) is 11.4 Å². The van der Waals surface area contributed by atoms with Gasteiger partial charge in [0.15, 0.2) is 0 Å². The van der Waals surface area contributed by atoms with Crippen LogP contribution in [0.4, 0.5) is 17.1 Å². The van der Waals surface area contributed by atoms with Crippen LogP contribution in [0.25, 0.3) is 66.1 Å². The molecule has 57 heavy (non-hydrogen) atoms. The van der Waals surface area contributed by atoms with E-state index in [0.717, 1.165) is 5.69 Å². The summed E-state index contributed by atoms with van der Waals surface area (Å²) in [5.41, 5.74) is 18.7. The van der Waals surface area contributed by atoms with E-state index in [0.29, 0.717) is 0 Å². The molecule has 11 rings (SSSR count). The highest BCUT2D eigenvalue weighted by Gasteiger charge is 2.42. The zero-order valence-corrected chi connectivity index (χ0v) is 32.8. The molecule has 0 atom stereocenters. The van der Waals surface area contributed by atoms with Gasteiger partial charge in [0, 0.05) is 27.6 Å². The van der Waals surface area contributed by atoms with Crippen molar-refractivity contribution in [1.82, 2.24) is 0 Å². The lowest BCUT2D eigenvalue weighted by Gasteiger charge is -2.33. The molecule has 9 aromatic rings. The third-order valence-electron chi connectivity index (χ3n) is 12.9. The predicted octanol–water partition coefficient (Wildman–Crippen LogP) is 15.4. The van der Waals surface area contributed by atoms with Crippen molar-refractivity contribution >= 4 is 38.6 Å². The predicted molar refractivity (Wildman–Crippen MR) is 242 cm³/mol. The Labute approximate surface area is 335 Å². The molecule has 0 heterocycles. The minimum atomic E-state index is -0.200. The van der Waals surface area contributed by atoms with E-state index < -0.39 is 0 Å². The smallest absolute Gasteiger partial charge is 0.0549 e. The molecule has 0 aromatic heterocycles. The Morgan fingerprint density at radius 2 is 0.737 bits per heavy atom. The zero-order chi connectivity index (χ0) is 38.5. The van der Waals surface area contributed by atoms with Gasteiger partial charge in [-0.25, -0.2) is 0 Å². The van der Waals surface area contributed by atoms with Gasteiger partial charge >= 0.3 is 0 Å². The lowest BCUT2D eigenvalue weighted by Crippen LogP contribution is -2.18. The van der Waals surface area contributed by atoms with E-state index >= 15 is 0 Å². The van der Waals surface area contributed by atoms with Gasteiger partial charge in [-0.15, -0.1) is 0 Å². The van der Waals surface area contributed by atoms with Gasteiger partial charge in [0.2, 0.25) is 0 Å². The Balaban J connectivity index is 1.34. The van der Waals surface area contributed by atoms with Crippen molar-refractivity contribution < 1.29 is 0 Å². The highest BCUT2D eigenvalue weighted by atomic mass is 15.2. The Kier molecular flexibility index (Phi) is 7.32. The molecule has 0 aliphatic heterocycles. The van der Waals surface area contributed by atoms with Crippen LogP contribution in [0.1, 0.15) is 49.9 Å². The third kappa shape index (κ3) is 4.95. The summed E-state index contributed by atoms with van der Waals surface area (Å²) >= 11 is 0. The van der Waals surface area contributed by atoms with E-state index in [4.69, 9.17) is 0 Å². The molecule has 0 spiro atoms. The number of anilines is 3. The topological polar surface area (TPSA) is 3.24 Å². The van der Waals surface area contributed by atoms with Crippen molar-refractivity contribution in [2.45, 2.75) is 38.5 Å². The molecule has 2 aliphatic rings. The van der Waals surface area contributed by atoms with Gasteiger partial charge in [-0.05, 0) is 108 Å². The summed E-state index contributed by atoms with van der Waals surface area (Å²) in [6.45, 7) is 9.64. The first-order valence-electron chi connectivity index (χ1n) is 20.2. The van der Waals surface area contributed by atoms with Gasteiger partial charge in [-0.2, -0.15) is 0 Å². The molecular weight excluding hydrogens is 687 g/mol. The summed E-state index contributed by atoms with van der Waals surface area (Å²) < 4.78 is 0. The molecule has 2 aliphatic carbocycles. The molecule has 0 N–H and O–H groups in total. The summed E-state index contributed by atoms with van der Waals surface area (Å²) in [4.78, 5) is 2.63. The van der Waals surface area contributed by atoms with Crippen LogP contribution in [-0.2, 0) is 10.8 Å². The van der Waals surface area contributed by atoms with Gasteiger partial charge < -0.3 is 4.90 Å². The number of benzene rings is 9. The van der Waals surface area contributed by atoms with Gasteiger partial charge in [-0.1, -0.05) is 185 Å². The molecule has 9 aromatic carbocycles. The number of hydrogen-bond acceptors (Lipinski definition) is 1. The summed E-state index contributed by atoms with van der Waals surface area (Å²) in [5, 5.41) is 5.13. The molecule has 1 heteroatoms. The molecule has 0 radical (unpaired) electrons. The Bertz CT molecular complexity index is 2850. The van der Waals surface area contributed by atoms with Crippen LogP contribution in [0.3, 0.4) is 0 Å². The van der Waals surface area contributed by atoms with Crippen LogP contribution in [0.15, 0.2) is 188 Å². The summed E-state index contributed by atoms with van der Waals surface area (Å²) in [5.74, 6) is 0. The lowest BCUT2D eigenvalue weighted by atomic mass is 9.79. The SMILES string of the molecule is CC1(C)c2ccccc2-c2c(N(c3cc(-c4ccccc4)cc(-c4ccccc4)c3)c3cc4ccccc4c4c3-c3ccccc3C4(C)C)cc3ccccc3c21. The van der Waals surface area contributed by atoms with Crippen molar-refractivity contribution in [3.63, 3.8) is 0 Å². The maximum atomic E-state index is 2.63. The van der Waals surface area contributed by atoms with Crippen molar-refractivity contribution in [3.8, 4) is 44.5 Å². The molecule has 1 nitrogen and oxygen atoms in total. The minimum absolute atomic E-state index is 0.200. The second-order valence-corrected chi connectivity index (χ2v) is 16.9. The van der Waals surface area contributed by atoms with Crippen molar-refractivity contribution in [2.24, 2.45) is 0 Å². The Hall–Kier alpha value is -6.70. The second kappa shape index (κ2) is 12.4. The van der Waals surface area contributed by atoms with Gasteiger partial charge in [-0.3, -0.25) is 0 Å². The van der Waals surface area contributed by atoms with Crippen LogP contribution in [0.2, 0.25) is 0 Å². The zero-order valence-electron chi connectivity index (χ0n) is 32.8. The van der Waals surface area contributed by atoms with E-state index in [1.54, 1.807) is 0 Å². The first-order chi connectivity index (χ1) is 27.8. The molecule has 0 fully saturated rings. The van der Waals surface area contributed by atoms with Crippen LogP contribution in [-0.4, -0.2) is 0 Å². The largest absolute Gasteiger partial charge is 0.309 e. The molecular formula is C56H43N. The van der Waals surface area contributed by atoms with Crippen LogP contribution in [0, 0.1) is 0 Å². The molecule has 0 bridgehead atoms. The monoisotopic (exact) mass is 729 g/mol. The first-order valence-corrected chi connectivity index (χ1v) is 20.2. The molecule has 0 saturated heterocycles. The fourth-order valence-corrected chi connectivity index (χ4v) is 10.4. The standard InChI is InChI=1S/C56H43N/c1-55(2)47-29-17-15-27-45(47)51-49(34-38-23-11-13-25-43(38)53(51)55)57(42-32-40(36-19-7-5-8-20-36)31-41(33-42)37-21-9-6-10-22-37)50-35-39-24-12-14-26-44(39)54-52(50)46-28-16-18-30-48(46)56(54,3)4/h5-35H,1-4H3. The van der Waals surface area contributed by atoms with Gasteiger partial charge in [0.1, 0.15) is 0 Å². The average Bonchev–Trinajstić information content (AvgIpc) is 3.65. The van der Waals surface area contributed by atoms with Crippen LogP contribution < -0.4 is 4.90 Å². The average molecular weight is 730 g/mol. The third-order valence-corrected chi connectivity index (χ3v) is 12.9. The second-order valence-electron chi connectivity index (χ2n) is 16.9. The Morgan fingerprint density at radius 1 is 0.351 bits per heavy atom. The lowest BCUT2D eigenvalue weighted by molar-refractivity contribution is 0.666. The highest BCUT2D eigenvalue weighted by molar-refractivity contribution is 6.10. The van der Waals surface area contributed by atoms with E-state index in [9.17, 15) is 0 Å². The quantitative estimate of drug-likeness (QED) is 0.170. The summed E-state index contributed by atoms with van der Waals surface area (Å²) in [6, 6.07) is 70.1.